The lowest BCUT2D eigenvalue weighted by Gasteiger charge is -2.30. The van der Waals surface area contributed by atoms with Gasteiger partial charge < -0.3 is 19.5 Å². The van der Waals surface area contributed by atoms with E-state index in [1.54, 1.807) is 31.4 Å². The van der Waals surface area contributed by atoms with E-state index in [-0.39, 0.29) is 5.91 Å². The molecule has 0 radical (unpaired) electrons. The van der Waals surface area contributed by atoms with E-state index in [1.165, 1.54) is 0 Å². The van der Waals surface area contributed by atoms with Crippen molar-refractivity contribution in [3.63, 3.8) is 0 Å². The zero-order chi connectivity index (χ0) is 21.4. The van der Waals surface area contributed by atoms with E-state index < -0.39 is 0 Å². The summed E-state index contributed by atoms with van der Waals surface area (Å²) in [6.07, 6.45) is 0. The predicted octanol–water partition coefficient (Wildman–Crippen LogP) is 4.97. The highest BCUT2D eigenvalue weighted by atomic mass is 35.5. The second-order valence-corrected chi connectivity index (χ2v) is 7.85. The van der Waals surface area contributed by atoms with Gasteiger partial charge in [0.25, 0.3) is 5.91 Å². The van der Waals surface area contributed by atoms with E-state index in [1.807, 2.05) is 42.5 Å². The molecule has 0 saturated heterocycles. The number of carbonyl (C=O) groups excluding carboxylic acids is 1. The molecule has 156 valence electrons. The van der Waals surface area contributed by atoms with E-state index >= 15 is 0 Å². The van der Waals surface area contributed by atoms with Gasteiger partial charge in [-0.15, -0.1) is 0 Å². The van der Waals surface area contributed by atoms with Crippen LogP contribution >= 0.6 is 11.6 Å². The number of benzene rings is 3. The van der Waals surface area contributed by atoms with Crippen molar-refractivity contribution < 1.29 is 9.53 Å². The number of fused-ring (bicyclic) bond motifs is 3. The third kappa shape index (κ3) is 3.70. The zero-order valence-electron chi connectivity index (χ0n) is 17.0. The second kappa shape index (κ2) is 7.96. The molecule has 1 aromatic heterocycles. The summed E-state index contributed by atoms with van der Waals surface area (Å²) in [6.45, 7) is 2.40. The molecule has 0 atom stereocenters. The highest BCUT2D eigenvalue weighted by molar-refractivity contribution is 6.35. The Hall–Kier alpha value is -3.51. The van der Waals surface area contributed by atoms with Crippen LogP contribution in [0.25, 0.3) is 11.0 Å². The number of aromatic nitrogens is 2. The van der Waals surface area contributed by atoms with Crippen molar-refractivity contribution in [3.05, 3.63) is 83.1 Å². The molecule has 0 fully saturated rings. The van der Waals surface area contributed by atoms with Gasteiger partial charge in [-0.25, -0.2) is 4.98 Å². The van der Waals surface area contributed by atoms with Gasteiger partial charge in [-0.2, -0.15) is 0 Å². The molecule has 31 heavy (non-hydrogen) atoms. The molecule has 0 saturated carbocycles. The summed E-state index contributed by atoms with van der Waals surface area (Å²) in [7, 11) is 1.60. The van der Waals surface area contributed by atoms with Gasteiger partial charge in [-0.05, 0) is 60.7 Å². The summed E-state index contributed by atoms with van der Waals surface area (Å²) in [6, 6.07) is 20.8. The molecule has 3 aromatic carbocycles. The number of imidazole rings is 1. The lowest BCUT2D eigenvalue weighted by Crippen LogP contribution is -2.33. The Labute approximate surface area is 185 Å². The molecule has 1 amide bonds. The Kier molecular flexibility index (Phi) is 5.00. The van der Waals surface area contributed by atoms with Crippen molar-refractivity contribution in [3.8, 4) is 5.75 Å². The molecule has 2 heterocycles. The van der Waals surface area contributed by atoms with Crippen LogP contribution in [-0.2, 0) is 13.1 Å². The molecule has 0 unspecified atom stereocenters. The van der Waals surface area contributed by atoms with E-state index in [2.05, 4.69) is 14.8 Å². The number of methoxy groups -OCH3 is 1. The zero-order valence-corrected chi connectivity index (χ0v) is 17.8. The molecule has 5 rings (SSSR count). The number of nitrogens with one attached hydrogen (secondary N) is 1. The summed E-state index contributed by atoms with van der Waals surface area (Å²) in [4.78, 5) is 19.5. The first-order valence-electron chi connectivity index (χ1n) is 10.1. The number of ether oxygens (including phenoxy) is 1. The van der Waals surface area contributed by atoms with Crippen molar-refractivity contribution >= 4 is 39.9 Å². The third-order valence-corrected chi connectivity index (χ3v) is 5.87. The van der Waals surface area contributed by atoms with E-state index in [0.717, 1.165) is 52.1 Å². The van der Waals surface area contributed by atoms with Crippen LogP contribution in [0.3, 0.4) is 0 Å². The number of hydrogen-bond donors (Lipinski definition) is 1. The minimum absolute atomic E-state index is 0.154. The van der Waals surface area contributed by atoms with Gasteiger partial charge in [0.2, 0.25) is 0 Å². The van der Waals surface area contributed by atoms with E-state index in [0.29, 0.717) is 12.1 Å². The Morgan fingerprint density at radius 3 is 2.55 bits per heavy atom. The van der Waals surface area contributed by atoms with Crippen LogP contribution in [-0.4, -0.2) is 29.1 Å². The number of anilines is 2. The maximum absolute atomic E-state index is 12.5. The number of hydrogen-bond acceptors (Lipinski definition) is 4. The smallest absolute Gasteiger partial charge is 0.255 e. The minimum Gasteiger partial charge on any atom is -0.497 e. The van der Waals surface area contributed by atoms with E-state index in [4.69, 9.17) is 21.3 Å². The Balaban J connectivity index is 1.29. The van der Waals surface area contributed by atoms with Crippen LogP contribution in [0.15, 0.2) is 66.7 Å². The summed E-state index contributed by atoms with van der Waals surface area (Å²) >= 11 is 6.39. The van der Waals surface area contributed by atoms with Gasteiger partial charge in [0, 0.05) is 30.0 Å². The summed E-state index contributed by atoms with van der Waals surface area (Å²) in [5, 5.41) is 3.67. The molecule has 6 nitrogen and oxygen atoms in total. The molecule has 1 aliphatic heterocycles. The maximum Gasteiger partial charge on any atom is 0.255 e. The van der Waals surface area contributed by atoms with Crippen molar-refractivity contribution in [2.45, 2.75) is 13.1 Å². The maximum atomic E-state index is 12.5. The van der Waals surface area contributed by atoms with Gasteiger partial charge in [0.05, 0.1) is 29.7 Å². The van der Waals surface area contributed by atoms with Crippen molar-refractivity contribution in [2.75, 3.05) is 23.9 Å². The highest BCUT2D eigenvalue weighted by Crippen LogP contribution is 2.29. The quantitative estimate of drug-likeness (QED) is 0.494. The van der Waals surface area contributed by atoms with Gasteiger partial charge in [0.1, 0.15) is 11.6 Å². The van der Waals surface area contributed by atoms with Gasteiger partial charge in [0.15, 0.2) is 0 Å². The minimum atomic E-state index is -0.154. The molecule has 0 aliphatic carbocycles. The van der Waals surface area contributed by atoms with Crippen LogP contribution in [0.2, 0.25) is 5.02 Å². The number of para-hydroxylation sites is 1. The first kappa shape index (κ1) is 19.5. The molecule has 0 spiro atoms. The normalized spacial score (nSPS) is 13.2. The van der Waals surface area contributed by atoms with Gasteiger partial charge in [-0.1, -0.05) is 17.7 Å². The topological polar surface area (TPSA) is 59.4 Å². The Bertz CT molecular complexity index is 1250. The van der Waals surface area contributed by atoms with Crippen LogP contribution in [0.5, 0.6) is 5.75 Å². The SMILES string of the molecule is COc1ccc(C(=O)Nc2ccc(N3CCn4c(nc5cccc(Cl)c54)C3)cc2)cc1. The first-order valence-corrected chi connectivity index (χ1v) is 10.4. The fourth-order valence-corrected chi connectivity index (χ4v) is 4.22. The van der Waals surface area contributed by atoms with E-state index in [9.17, 15) is 4.79 Å². The predicted molar refractivity (Wildman–Crippen MR) is 123 cm³/mol. The van der Waals surface area contributed by atoms with Crippen molar-refractivity contribution in [1.82, 2.24) is 9.55 Å². The Morgan fingerprint density at radius 2 is 1.81 bits per heavy atom. The largest absolute Gasteiger partial charge is 0.497 e. The fraction of sp³-hybridized carbons (Fsp3) is 0.167. The number of nitrogens with zero attached hydrogens (tertiary/aromatic N) is 3. The summed E-state index contributed by atoms with van der Waals surface area (Å²) < 4.78 is 7.34. The van der Waals surface area contributed by atoms with Crippen molar-refractivity contribution in [2.24, 2.45) is 0 Å². The summed E-state index contributed by atoms with van der Waals surface area (Å²) in [5.41, 5.74) is 4.36. The van der Waals surface area contributed by atoms with Crippen molar-refractivity contribution in [1.29, 1.82) is 0 Å². The Morgan fingerprint density at radius 1 is 1.03 bits per heavy atom. The lowest BCUT2D eigenvalue weighted by molar-refractivity contribution is 0.102. The molecular formula is C24H21ClN4O2. The number of rotatable bonds is 4. The van der Waals surface area contributed by atoms with Crippen LogP contribution in [0.4, 0.5) is 11.4 Å². The number of halogens is 1. The number of amides is 1. The molecule has 4 aromatic rings. The van der Waals surface area contributed by atoms with Crippen LogP contribution < -0.4 is 15.0 Å². The standard InChI is InChI=1S/C24H21ClN4O2/c1-31-19-11-5-16(6-12-19)24(30)26-17-7-9-18(10-8-17)28-13-14-29-22(15-28)27-21-4-2-3-20(25)23(21)29/h2-12H,13-15H2,1H3,(H,26,30). The fourth-order valence-electron chi connectivity index (χ4n) is 3.94. The molecular weight excluding hydrogens is 412 g/mol. The average Bonchev–Trinajstić information content (AvgIpc) is 3.18. The van der Waals surface area contributed by atoms with Crippen LogP contribution in [0.1, 0.15) is 16.2 Å². The molecule has 0 bridgehead atoms. The summed E-state index contributed by atoms with van der Waals surface area (Å²) in [5.74, 6) is 1.57. The number of carbonyl (C=O) groups is 1. The van der Waals surface area contributed by atoms with Gasteiger partial charge in [-0.3, -0.25) is 4.79 Å². The first-order chi connectivity index (χ1) is 15.1. The second-order valence-electron chi connectivity index (χ2n) is 7.44. The molecule has 7 heteroatoms. The third-order valence-electron chi connectivity index (χ3n) is 5.56. The molecule has 1 aliphatic rings. The van der Waals surface area contributed by atoms with Gasteiger partial charge >= 0.3 is 0 Å². The highest BCUT2D eigenvalue weighted by Gasteiger charge is 2.21. The average molecular weight is 433 g/mol. The van der Waals surface area contributed by atoms with Crippen LogP contribution in [0, 0.1) is 0 Å². The molecule has 1 N–H and O–H groups in total. The lowest BCUT2D eigenvalue weighted by atomic mass is 10.2. The monoisotopic (exact) mass is 432 g/mol.